The number of nitrogens with one attached hydrogen (secondary N) is 1. The number of benzene rings is 1. The zero-order chi connectivity index (χ0) is 25.2. The van der Waals surface area contributed by atoms with Gasteiger partial charge < -0.3 is 15.2 Å². The third kappa shape index (κ3) is 5.36. The minimum Gasteiger partial charge on any atom is -0.493 e. The third-order valence-electron chi connectivity index (χ3n) is 5.30. The summed E-state index contributed by atoms with van der Waals surface area (Å²) in [6.45, 7) is 5.05. The van der Waals surface area contributed by atoms with Gasteiger partial charge in [-0.2, -0.15) is 26.3 Å². The number of carbonyl (C=O) groups excluding carboxylic acids is 2. The molecule has 33 heavy (non-hydrogen) atoms. The van der Waals surface area contributed by atoms with E-state index in [1.165, 1.54) is 0 Å². The maximum Gasteiger partial charge on any atom is 0.430 e. The predicted molar refractivity (Wildman–Crippen MR) is 105 cm³/mol. The molecule has 12 heteroatoms. The highest BCUT2D eigenvalue weighted by molar-refractivity contribution is 6.06. The predicted octanol–water partition coefficient (Wildman–Crippen LogP) is 4.44. The molecule has 1 aliphatic rings. The molecule has 0 bridgehead atoms. The van der Waals surface area contributed by atoms with Gasteiger partial charge in [-0.15, -0.1) is 0 Å². The first-order valence-electron chi connectivity index (χ1n) is 10.3. The van der Waals surface area contributed by atoms with Gasteiger partial charge in [-0.05, 0) is 50.8 Å². The highest BCUT2D eigenvalue weighted by Gasteiger charge is 2.71. The van der Waals surface area contributed by atoms with Crippen LogP contribution in [0.1, 0.15) is 51.2 Å². The molecular weight excluding hydrogens is 458 g/mol. The Bertz CT molecular complexity index is 868. The molecular formula is C21H26F6N2O4. The molecule has 1 fully saturated rings. The lowest BCUT2D eigenvalue weighted by Crippen LogP contribution is -2.53. The van der Waals surface area contributed by atoms with Crippen molar-refractivity contribution < 1.29 is 45.8 Å². The number of urea groups is 1. The van der Waals surface area contributed by atoms with Crippen LogP contribution in [0.5, 0.6) is 5.75 Å². The largest absolute Gasteiger partial charge is 0.493 e. The van der Waals surface area contributed by atoms with Gasteiger partial charge in [0.05, 0.1) is 6.61 Å². The van der Waals surface area contributed by atoms with Gasteiger partial charge >= 0.3 is 18.4 Å². The summed E-state index contributed by atoms with van der Waals surface area (Å²) in [5, 5.41) is 12.2. The Morgan fingerprint density at radius 1 is 1.06 bits per heavy atom. The fraction of sp³-hybridized carbons (Fsp3) is 0.619. The van der Waals surface area contributed by atoms with Gasteiger partial charge in [-0.1, -0.05) is 19.4 Å². The van der Waals surface area contributed by atoms with Crippen molar-refractivity contribution in [2.24, 2.45) is 0 Å². The quantitative estimate of drug-likeness (QED) is 0.309. The smallest absolute Gasteiger partial charge is 0.430 e. The number of halogens is 6. The van der Waals surface area contributed by atoms with E-state index in [-0.39, 0.29) is 36.8 Å². The SMILES string of the molecule is CCCc1cc(C(O)(C(F)(F)F)C(F)(F)F)ccc1OCCCCN1C(=O)NC(C)(C)C1=O. The fourth-order valence-electron chi connectivity index (χ4n) is 3.47. The summed E-state index contributed by atoms with van der Waals surface area (Å²) in [6.07, 6.45) is -10.6. The number of alkyl halides is 6. The summed E-state index contributed by atoms with van der Waals surface area (Å²) < 4.78 is 84.5. The Morgan fingerprint density at radius 2 is 1.67 bits per heavy atom. The first-order chi connectivity index (χ1) is 15.1. The van der Waals surface area contributed by atoms with E-state index < -0.39 is 35.1 Å². The summed E-state index contributed by atoms with van der Waals surface area (Å²) in [5.41, 5.74) is -7.23. The number of rotatable bonds is 9. The number of ether oxygens (including phenoxy) is 1. The van der Waals surface area contributed by atoms with E-state index in [1.807, 2.05) is 0 Å². The van der Waals surface area contributed by atoms with Gasteiger partial charge in [0.25, 0.3) is 11.5 Å². The van der Waals surface area contributed by atoms with E-state index in [9.17, 15) is 41.0 Å². The van der Waals surface area contributed by atoms with Crippen LogP contribution in [0, 0.1) is 0 Å². The van der Waals surface area contributed by atoms with Gasteiger partial charge in [-0.3, -0.25) is 9.69 Å². The van der Waals surface area contributed by atoms with E-state index in [0.29, 0.717) is 31.4 Å². The van der Waals surface area contributed by atoms with E-state index in [2.05, 4.69) is 5.32 Å². The van der Waals surface area contributed by atoms with E-state index >= 15 is 0 Å². The van der Waals surface area contributed by atoms with Gasteiger partial charge in [0.15, 0.2) is 0 Å². The molecule has 1 saturated heterocycles. The van der Waals surface area contributed by atoms with Crippen LogP contribution < -0.4 is 10.1 Å². The summed E-state index contributed by atoms with van der Waals surface area (Å²) in [5.74, 6) is -0.264. The molecule has 2 N–H and O–H groups in total. The Labute approximate surface area is 186 Å². The molecule has 3 amide bonds. The van der Waals surface area contributed by atoms with Crippen molar-refractivity contribution in [1.29, 1.82) is 0 Å². The van der Waals surface area contributed by atoms with Crippen molar-refractivity contribution in [2.45, 2.75) is 69.9 Å². The topological polar surface area (TPSA) is 78.9 Å². The second-order valence-electron chi connectivity index (χ2n) is 8.35. The monoisotopic (exact) mass is 484 g/mol. The van der Waals surface area contributed by atoms with E-state index in [1.54, 1.807) is 20.8 Å². The second kappa shape index (κ2) is 9.40. The average Bonchev–Trinajstić information content (AvgIpc) is 2.87. The number of hydrogen-bond donors (Lipinski definition) is 2. The van der Waals surface area contributed by atoms with Crippen molar-refractivity contribution in [2.75, 3.05) is 13.2 Å². The third-order valence-corrected chi connectivity index (χ3v) is 5.30. The van der Waals surface area contributed by atoms with Crippen LogP contribution in [-0.2, 0) is 16.8 Å². The summed E-state index contributed by atoms with van der Waals surface area (Å²) in [7, 11) is 0. The summed E-state index contributed by atoms with van der Waals surface area (Å²) in [4.78, 5) is 25.0. The number of imide groups is 1. The maximum absolute atomic E-state index is 13.2. The van der Waals surface area contributed by atoms with Crippen LogP contribution >= 0.6 is 0 Å². The number of nitrogens with zero attached hydrogens (tertiary/aromatic N) is 1. The Balaban J connectivity index is 2.08. The summed E-state index contributed by atoms with van der Waals surface area (Å²) in [6, 6.07) is 1.68. The van der Waals surface area contributed by atoms with Crippen LogP contribution in [-0.4, -0.2) is 53.0 Å². The van der Waals surface area contributed by atoms with Gasteiger partial charge in [-0.25, -0.2) is 4.79 Å². The molecule has 2 rings (SSSR count). The minimum atomic E-state index is -5.97. The fourth-order valence-corrected chi connectivity index (χ4v) is 3.47. The molecule has 1 aromatic carbocycles. The average molecular weight is 484 g/mol. The molecule has 1 aliphatic heterocycles. The van der Waals surface area contributed by atoms with Gasteiger partial charge in [0.1, 0.15) is 11.3 Å². The highest BCUT2D eigenvalue weighted by atomic mass is 19.4. The van der Waals surface area contributed by atoms with Crippen molar-refractivity contribution in [1.82, 2.24) is 10.2 Å². The summed E-state index contributed by atoms with van der Waals surface area (Å²) >= 11 is 0. The first kappa shape index (κ1) is 26.7. The van der Waals surface area contributed by atoms with Crippen molar-refractivity contribution in [3.05, 3.63) is 29.3 Å². The Kier molecular flexibility index (Phi) is 7.62. The molecule has 6 nitrogen and oxygen atoms in total. The lowest BCUT2D eigenvalue weighted by molar-refractivity contribution is -0.376. The van der Waals surface area contributed by atoms with E-state index in [0.717, 1.165) is 11.0 Å². The number of carbonyl (C=O) groups is 2. The molecule has 186 valence electrons. The van der Waals surface area contributed by atoms with Crippen molar-refractivity contribution in [3.8, 4) is 5.75 Å². The number of hydrogen-bond acceptors (Lipinski definition) is 4. The lowest BCUT2D eigenvalue weighted by atomic mass is 9.90. The number of unbranched alkanes of at least 4 members (excludes halogenated alkanes) is 1. The standard InChI is InChI=1S/C21H26F6N2O4/c1-4-7-13-12-14(19(32,20(22,23)24)21(25,26)27)8-9-15(13)33-11-6-5-10-29-16(30)18(2,3)28-17(29)31/h8-9,12,32H,4-7,10-11H2,1-3H3,(H,28,31). The molecule has 1 heterocycles. The van der Waals surface area contributed by atoms with Crippen LogP contribution in [0.3, 0.4) is 0 Å². The minimum absolute atomic E-state index is 0.0614. The van der Waals surface area contributed by atoms with Gasteiger partial charge in [0, 0.05) is 12.1 Å². The molecule has 1 aromatic rings. The number of aliphatic hydroxyl groups is 1. The second-order valence-corrected chi connectivity index (χ2v) is 8.35. The maximum atomic E-state index is 13.2. The molecule has 0 aliphatic carbocycles. The van der Waals surface area contributed by atoms with Crippen molar-refractivity contribution in [3.63, 3.8) is 0 Å². The molecule has 0 atom stereocenters. The highest BCUT2D eigenvalue weighted by Crippen LogP contribution is 2.50. The van der Waals surface area contributed by atoms with Gasteiger partial charge in [0.2, 0.25) is 0 Å². The van der Waals surface area contributed by atoms with Crippen LogP contribution in [0.25, 0.3) is 0 Å². The zero-order valence-electron chi connectivity index (χ0n) is 18.4. The van der Waals surface area contributed by atoms with Crippen molar-refractivity contribution >= 4 is 11.9 Å². The molecule has 0 aromatic heterocycles. The zero-order valence-corrected chi connectivity index (χ0v) is 18.4. The molecule has 0 saturated carbocycles. The molecule has 0 radical (unpaired) electrons. The number of amides is 3. The van der Waals surface area contributed by atoms with E-state index in [4.69, 9.17) is 4.74 Å². The Morgan fingerprint density at radius 3 is 2.15 bits per heavy atom. The van der Waals surface area contributed by atoms with Crippen LogP contribution in [0.2, 0.25) is 0 Å². The lowest BCUT2D eigenvalue weighted by Gasteiger charge is -2.33. The normalized spacial score (nSPS) is 16.8. The van der Waals surface area contributed by atoms with Crippen LogP contribution in [0.15, 0.2) is 18.2 Å². The number of aryl methyl sites for hydroxylation is 1. The Hall–Kier alpha value is -2.50. The van der Waals surface area contributed by atoms with Crippen LogP contribution in [0.4, 0.5) is 31.1 Å². The first-order valence-corrected chi connectivity index (χ1v) is 10.3. The molecule has 0 unspecified atom stereocenters. The molecule has 0 spiro atoms.